The molecule has 29 heavy (non-hydrogen) atoms. The zero-order valence-electron chi connectivity index (χ0n) is 16.3. The maximum atomic E-state index is 11.4. The van der Waals surface area contributed by atoms with Gasteiger partial charge in [-0.1, -0.05) is 36.4 Å². The van der Waals surface area contributed by atoms with E-state index in [9.17, 15) is 9.90 Å². The number of nitrogens with one attached hydrogen (secondary N) is 1. The van der Waals surface area contributed by atoms with Crippen LogP contribution in [0.25, 0.3) is 11.1 Å². The highest BCUT2D eigenvalue weighted by Crippen LogP contribution is 2.45. The van der Waals surface area contributed by atoms with E-state index < -0.39 is 5.97 Å². The number of hydrogen-bond donors (Lipinski definition) is 2. The number of carboxylic acid groups (broad SMARTS) is 1. The number of aryl methyl sites for hydroxylation is 1. The van der Waals surface area contributed by atoms with E-state index in [0.29, 0.717) is 12.0 Å². The SMILES string of the molecule is O=C(O)c1ccncc1CC[C@H]1NCc2cc(-c3ccccc3C3CC3)ccc21. The smallest absolute Gasteiger partial charge is 0.336 e. The summed E-state index contributed by atoms with van der Waals surface area (Å²) in [6.07, 6.45) is 7.38. The van der Waals surface area contributed by atoms with Crippen LogP contribution in [0.5, 0.6) is 0 Å². The van der Waals surface area contributed by atoms with Gasteiger partial charge in [-0.05, 0) is 77.1 Å². The maximum absolute atomic E-state index is 11.4. The third kappa shape index (κ3) is 3.56. The summed E-state index contributed by atoms with van der Waals surface area (Å²) < 4.78 is 0. The van der Waals surface area contributed by atoms with E-state index in [-0.39, 0.29) is 6.04 Å². The minimum Gasteiger partial charge on any atom is -0.478 e. The Hall–Kier alpha value is -2.98. The molecule has 5 rings (SSSR count). The fraction of sp³-hybridized carbons (Fsp3) is 0.280. The van der Waals surface area contributed by atoms with Gasteiger partial charge in [-0.2, -0.15) is 0 Å². The Morgan fingerprint density at radius 1 is 1.10 bits per heavy atom. The Balaban J connectivity index is 1.36. The lowest BCUT2D eigenvalue weighted by atomic mass is 9.92. The van der Waals surface area contributed by atoms with Gasteiger partial charge in [0.2, 0.25) is 0 Å². The molecule has 1 aliphatic carbocycles. The van der Waals surface area contributed by atoms with Gasteiger partial charge in [0.05, 0.1) is 5.56 Å². The quantitative estimate of drug-likeness (QED) is 0.621. The molecule has 1 fully saturated rings. The Morgan fingerprint density at radius 3 is 2.79 bits per heavy atom. The second-order valence-electron chi connectivity index (χ2n) is 8.09. The molecular weight excluding hydrogens is 360 g/mol. The molecule has 0 radical (unpaired) electrons. The number of aromatic nitrogens is 1. The van der Waals surface area contributed by atoms with Crippen LogP contribution in [-0.2, 0) is 13.0 Å². The summed E-state index contributed by atoms with van der Waals surface area (Å²) in [5.41, 5.74) is 7.97. The summed E-state index contributed by atoms with van der Waals surface area (Å²) in [4.78, 5) is 15.5. The summed E-state index contributed by atoms with van der Waals surface area (Å²) in [6, 6.07) is 17.4. The number of nitrogens with zero attached hydrogens (tertiary/aromatic N) is 1. The van der Waals surface area contributed by atoms with Gasteiger partial charge in [0.25, 0.3) is 0 Å². The van der Waals surface area contributed by atoms with E-state index in [1.54, 1.807) is 12.3 Å². The van der Waals surface area contributed by atoms with Crippen LogP contribution in [0.2, 0.25) is 0 Å². The topological polar surface area (TPSA) is 62.2 Å². The first-order chi connectivity index (χ1) is 14.2. The van der Waals surface area contributed by atoms with Crippen molar-refractivity contribution in [2.45, 2.75) is 44.2 Å². The molecule has 2 aliphatic rings. The van der Waals surface area contributed by atoms with Gasteiger partial charge in [0, 0.05) is 25.0 Å². The number of hydrogen-bond acceptors (Lipinski definition) is 3. The molecule has 1 saturated carbocycles. The highest BCUT2D eigenvalue weighted by atomic mass is 16.4. The lowest BCUT2D eigenvalue weighted by Crippen LogP contribution is -2.13. The lowest BCUT2D eigenvalue weighted by Gasteiger charge is -2.14. The lowest BCUT2D eigenvalue weighted by molar-refractivity contribution is 0.0695. The van der Waals surface area contributed by atoms with Crippen molar-refractivity contribution in [2.75, 3.05) is 0 Å². The summed E-state index contributed by atoms with van der Waals surface area (Å²) >= 11 is 0. The Labute approximate surface area is 170 Å². The van der Waals surface area contributed by atoms with E-state index in [1.807, 2.05) is 0 Å². The molecule has 0 unspecified atom stereocenters. The standard InChI is InChI=1S/C25H24N2O2/c28-25(29)23-11-12-26-14-18(23)8-10-24-22-9-7-17(13-19(22)15-27-24)21-4-2-1-3-20(21)16-5-6-16/h1-4,7,9,11-14,16,24,27H,5-6,8,10,15H2,(H,28,29)/t24-/m1/s1. The molecule has 2 aromatic carbocycles. The maximum Gasteiger partial charge on any atom is 0.336 e. The van der Waals surface area contributed by atoms with E-state index in [2.05, 4.69) is 52.8 Å². The third-order valence-electron chi connectivity index (χ3n) is 6.18. The number of carboxylic acids is 1. The summed E-state index contributed by atoms with van der Waals surface area (Å²) in [7, 11) is 0. The van der Waals surface area contributed by atoms with E-state index in [1.165, 1.54) is 46.9 Å². The first-order valence-electron chi connectivity index (χ1n) is 10.3. The molecule has 4 heteroatoms. The molecule has 1 aromatic heterocycles. The van der Waals surface area contributed by atoms with Gasteiger partial charge < -0.3 is 10.4 Å². The van der Waals surface area contributed by atoms with Crippen LogP contribution in [0.1, 0.15) is 63.8 Å². The molecule has 0 spiro atoms. The number of aromatic carboxylic acids is 1. The zero-order chi connectivity index (χ0) is 19.8. The minimum atomic E-state index is -0.888. The van der Waals surface area contributed by atoms with Crippen molar-refractivity contribution in [1.82, 2.24) is 10.3 Å². The molecular formula is C25H24N2O2. The predicted octanol–water partition coefficient (Wildman–Crippen LogP) is 5.10. The zero-order valence-corrected chi connectivity index (χ0v) is 16.3. The summed E-state index contributed by atoms with van der Waals surface area (Å²) in [5, 5.41) is 13.0. The van der Waals surface area contributed by atoms with E-state index >= 15 is 0 Å². The number of benzene rings is 2. The van der Waals surface area contributed by atoms with Gasteiger partial charge in [-0.25, -0.2) is 4.79 Å². The largest absolute Gasteiger partial charge is 0.478 e. The van der Waals surface area contributed by atoms with Crippen LogP contribution in [0.3, 0.4) is 0 Å². The van der Waals surface area contributed by atoms with Crippen LogP contribution >= 0.6 is 0 Å². The number of fused-ring (bicyclic) bond motifs is 1. The first kappa shape index (κ1) is 18.1. The van der Waals surface area contributed by atoms with Crippen molar-refractivity contribution in [3.8, 4) is 11.1 Å². The molecule has 146 valence electrons. The summed E-state index contributed by atoms with van der Waals surface area (Å²) in [6.45, 7) is 0.859. The van der Waals surface area contributed by atoms with Crippen molar-refractivity contribution in [1.29, 1.82) is 0 Å². The van der Waals surface area contributed by atoms with Crippen LogP contribution in [0, 0.1) is 0 Å². The van der Waals surface area contributed by atoms with Crippen molar-refractivity contribution in [3.63, 3.8) is 0 Å². The number of pyridine rings is 1. The molecule has 0 amide bonds. The highest BCUT2D eigenvalue weighted by Gasteiger charge is 2.27. The van der Waals surface area contributed by atoms with Crippen molar-refractivity contribution >= 4 is 5.97 Å². The molecule has 0 saturated heterocycles. The molecule has 3 aromatic rings. The molecule has 1 aliphatic heterocycles. The molecule has 0 bridgehead atoms. The second kappa shape index (κ2) is 7.45. The average Bonchev–Trinajstić information content (AvgIpc) is 3.52. The third-order valence-corrected chi connectivity index (χ3v) is 6.18. The van der Waals surface area contributed by atoms with Gasteiger partial charge in [0.1, 0.15) is 0 Å². The van der Waals surface area contributed by atoms with Crippen LogP contribution in [-0.4, -0.2) is 16.1 Å². The molecule has 4 nitrogen and oxygen atoms in total. The fourth-order valence-electron chi connectivity index (χ4n) is 4.51. The van der Waals surface area contributed by atoms with Crippen molar-refractivity contribution in [3.05, 3.63) is 88.7 Å². The van der Waals surface area contributed by atoms with Gasteiger partial charge in [0.15, 0.2) is 0 Å². The monoisotopic (exact) mass is 384 g/mol. The van der Waals surface area contributed by atoms with Crippen LogP contribution < -0.4 is 5.32 Å². The Kier molecular flexibility index (Phi) is 4.64. The molecule has 2 heterocycles. The second-order valence-corrected chi connectivity index (χ2v) is 8.09. The Bertz CT molecular complexity index is 1070. The fourth-order valence-corrected chi connectivity index (χ4v) is 4.51. The van der Waals surface area contributed by atoms with Crippen molar-refractivity contribution < 1.29 is 9.90 Å². The minimum absolute atomic E-state index is 0.250. The summed E-state index contributed by atoms with van der Waals surface area (Å²) in [5.74, 6) is -0.158. The predicted molar refractivity (Wildman–Crippen MR) is 113 cm³/mol. The first-order valence-corrected chi connectivity index (χ1v) is 10.3. The number of rotatable bonds is 6. The normalized spacial score (nSPS) is 17.9. The number of carbonyl (C=O) groups is 1. The van der Waals surface area contributed by atoms with Gasteiger partial charge in [-0.15, -0.1) is 0 Å². The van der Waals surface area contributed by atoms with Crippen LogP contribution in [0.4, 0.5) is 0 Å². The Morgan fingerprint density at radius 2 is 1.97 bits per heavy atom. The molecule has 2 N–H and O–H groups in total. The van der Waals surface area contributed by atoms with Gasteiger partial charge in [-0.3, -0.25) is 4.98 Å². The highest BCUT2D eigenvalue weighted by molar-refractivity contribution is 5.89. The van der Waals surface area contributed by atoms with E-state index in [0.717, 1.165) is 24.4 Å². The average molecular weight is 384 g/mol. The van der Waals surface area contributed by atoms with Crippen molar-refractivity contribution in [2.24, 2.45) is 0 Å². The van der Waals surface area contributed by atoms with Gasteiger partial charge >= 0.3 is 5.97 Å². The molecule has 1 atom stereocenters. The van der Waals surface area contributed by atoms with Crippen LogP contribution in [0.15, 0.2) is 60.9 Å². The van der Waals surface area contributed by atoms with E-state index in [4.69, 9.17) is 0 Å².